The fourth-order valence-electron chi connectivity index (χ4n) is 1.15. The molecule has 0 aliphatic carbocycles. The molecule has 0 nitrogen and oxygen atoms in total. The van der Waals surface area contributed by atoms with Crippen molar-refractivity contribution in [2.75, 3.05) is 0 Å². The summed E-state index contributed by atoms with van der Waals surface area (Å²) in [6, 6.07) is 8.26. The van der Waals surface area contributed by atoms with Crippen LogP contribution in [0.1, 0.15) is 4.88 Å². The second-order valence-corrected chi connectivity index (χ2v) is 4.75. The van der Waals surface area contributed by atoms with Crippen LogP contribution >= 0.6 is 45.5 Å². The largest absolute Gasteiger partial charge is 0.138 e. The van der Waals surface area contributed by atoms with Crippen LogP contribution in [0.5, 0.6) is 0 Å². The predicted molar refractivity (Wildman–Crippen MR) is 64.6 cm³/mol. The van der Waals surface area contributed by atoms with Gasteiger partial charge in [-0.05, 0) is 6.07 Å². The lowest BCUT2D eigenvalue weighted by Gasteiger charge is -1.88. The lowest BCUT2D eigenvalue weighted by Crippen LogP contribution is -1.66. The van der Waals surface area contributed by atoms with Crippen molar-refractivity contribution in [1.29, 1.82) is 0 Å². The van der Waals surface area contributed by atoms with Crippen molar-refractivity contribution < 1.29 is 0 Å². The number of thiophene rings is 1. The maximum Gasteiger partial charge on any atom is 0.0631 e. The van der Waals surface area contributed by atoms with E-state index in [4.69, 9.17) is 11.6 Å². The molecule has 0 aliphatic heterocycles. The Morgan fingerprint density at radius 2 is 2.08 bits per heavy atom. The molecule has 1 aromatic carbocycles. The van der Waals surface area contributed by atoms with Crippen molar-refractivity contribution in [3.63, 3.8) is 0 Å². The quantitative estimate of drug-likeness (QED) is 0.538. The first-order chi connectivity index (χ1) is 5.83. The minimum atomic E-state index is 0.935. The molecule has 0 atom stereocenters. The van der Waals surface area contributed by atoms with Gasteiger partial charge in [0.2, 0.25) is 0 Å². The van der Waals surface area contributed by atoms with Crippen molar-refractivity contribution in [3.05, 3.63) is 34.2 Å². The fraction of sp³-hybridized carbons (Fsp3) is 0.111. The summed E-state index contributed by atoms with van der Waals surface area (Å²) in [6.45, 7) is 0. The van der Waals surface area contributed by atoms with Gasteiger partial charge in [-0.2, -0.15) is 0 Å². The Balaban J connectivity index is 2.78. The smallest absolute Gasteiger partial charge is 0.0631 e. The highest BCUT2D eigenvalue weighted by Gasteiger charge is 2.07. The maximum atomic E-state index is 6.16. The monoisotopic (exact) mass is 308 g/mol. The Morgan fingerprint density at radius 3 is 2.75 bits per heavy atom. The van der Waals surface area contributed by atoms with E-state index < -0.39 is 0 Å². The molecule has 3 heteroatoms. The first-order valence-corrected chi connectivity index (χ1v) is 6.27. The Kier molecular flexibility index (Phi) is 2.57. The molecule has 1 aromatic heterocycles. The molecule has 0 saturated carbocycles. The normalized spacial score (nSPS) is 10.8. The predicted octanol–water partition coefficient (Wildman–Crippen LogP) is 4.49. The SMILES string of the molecule is Clc1c(CI)sc2ccccc12. The topological polar surface area (TPSA) is 0 Å². The molecule has 2 aromatic rings. The highest BCUT2D eigenvalue weighted by molar-refractivity contribution is 14.1. The summed E-state index contributed by atoms with van der Waals surface area (Å²) in [4.78, 5) is 1.28. The van der Waals surface area contributed by atoms with Crippen LogP contribution in [0.2, 0.25) is 5.02 Å². The Hall–Kier alpha value is 0.200. The molecule has 0 amide bonds. The van der Waals surface area contributed by atoms with E-state index in [1.165, 1.54) is 15.0 Å². The van der Waals surface area contributed by atoms with Crippen LogP contribution in [-0.2, 0) is 4.43 Å². The number of hydrogen-bond acceptors (Lipinski definition) is 1. The van der Waals surface area contributed by atoms with Gasteiger partial charge >= 0.3 is 0 Å². The van der Waals surface area contributed by atoms with Crippen molar-refractivity contribution in [2.45, 2.75) is 4.43 Å². The van der Waals surface area contributed by atoms with E-state index in [0.717, 1.165) is 9.45 Å². The molecule has 0 saturated heterocycles. The number of benzene rings is 1. The van der Waals surface area contributed by atoms with E-state index in [0.29, 0.717) is 0 Å². The maximum absolute atomic E-state index is 6.16. The molecule has 0 aliphatic rings. The number of hydrogen-bond donors (Lipinski definition) is 0. The Labute approximate surface area is 93.7 Å². The van der Waals surface area contributed by atoms with Gasteiger partial charge in [-0.1, -0.05) is 52.4 Å². The van der Waals surface area contributed by atoms with Gasteiger partial charge in [0.05, 0.1) is 5.02 Å². The fourth-order valence-corrected chi connectivity index (χ4v) is 3.57. The molecule has 0 spiro atoms. The van der Waals surface area contributed by atoms with Crippen molar-refractivity contribution >= 4 is 55.6 Å². The molecule has 0 bridgehead atoms. The standard InChI is InChI=1S/C9H6ClIS/c10-9-6-3-1-2-4-7(6)12-8(9)5-11/h1-4H,5H2. The Bertz CT molecular complexity index is 408. The molecule has 2 rings (SSSR count). The van der Waals surface area contributed by atoms with Gasteiger partial charge in [0.25, 0.3) is 0 Å². The van der Waals surface area contributed by atoms with Crippen LogP contribution in [0.25, 0.3) is 10.1 Å². The molecule has 0 radical (unpaired) electrons. The van der Waals surface area contributed by atoms with E-state index in [1.807, 2.05) is 12.1 Å². The van der Waals surface area contributed by atoms with Crippen molar-refractivity contribution in [2.24, 2.45) is 0 Å². The zero-order chi connectivity index (χ0) is 8.55. The molecular weight excluding hydrogens is 303 g/mol. The highest BCUT2D eigenvalue weighted by Crippen LogP contribution is 2.36. The van der Waals surface area contributed by atoms with E-state index in [1.54, 1.807) is 11.3 Å². The highest BCUT2D eigenvalue weighted by atomic mass is 127. The van der Waals surface area contributed by atoms with Crippen LogP contribution in [0, 0.1) is 0 Å². The van der Waals surface area contributed by atoms with Gasteiger partial charge < -0.3 is 0 Å². The summed E-state index contributed by atoms with van der Waals surface area (Å²) in [6.07, 6.45) is 0. The number of rotatable bonds is 1. The van der Waals surface area contributed by atoms with E-state index in [2.05, 4.69) is 34.7 Å². The summed E-state index contributed by atoms with van der Waals surface area (Å²) in [5.41, 5.74) is 0. The molecule has 0 N–H and O–H groups in total. The van der Waals surface area contributed by atoms with E-state index in [-0.39, 0.29) is 0 Å². The number of alkyl halides is 1. The average Bonchev–Trinajstić information content (AvgIpc) is 2.44. The minimum absolute atomic E-state index is 0.935. The molecule has 0 fully saturated rings. The van der Waals surface area contributed by atoms with Gasteiger partial charge in [0.1, 0.15) is 0 Å². The zero-order valence-electron chi connectivity index (χ0n) is 6.18. The molecule has 12 heavy (non-hydrogen) atoms. The average molecular weight is 309 g/mol. The summed E-state index contributed by atoms with van der Waals surface area (Å²) in [7, 11) is 0. The molecular formula is C9H6ClIS. The van der Waals surface area contributed by atoms with Gasteiger partial charge in [0, 0.05) is 19.4 Å². The third kappa shape index (κ3) is 1.36. The van der Waals surface area contributed by atoms with Crippen LogP contribution in [0.4, 0.5) is 0 Å². The van der Waals surface area contributed by atoms with Gasteiger partial charge in [-0.15, -0.1) is 11.3 Å². The zero-order valence-corrected chi connectivity index (χ0v) is 9.91. The third-order valence-electron chi connectivity index (χ3n) is 1.72. The van der Waals surface area contributed by atoms with Gasteiger partial charge in [0.15, 0.2) is 0 Å². The van der Waals surface area contributed by atoms with Crippen molar-refractivity contribution in [1.82, 2.24) is 0 Å². The van der Waals surface area contributed by atoms with E-state index in [9.17, 15) is 0 Å². The second kappa shape index (κ2) is 3.52. The van der Waals surface area contributed by atoms with Crippen LogP contribution in [0.3, 0.4) is 0 Å². The first kappa shape index (κ1) is 8.78. The number of halogens is 2. The molecule has 62 valence electrons. The summed E-state index contributed by atoms with van der Waals surface area (Å²) < 4.78 is 2.28. The number of fused-ring (bicyclic) bond motifs is 1. The lowest BCUT2D eigenvalue weighted by molar-refractivity contribution is 1.62. The van der Waals surface area contributed by atoms with Crippen molar-refractivity contribution in [3.8, 4) is 0 Å². The van der Waals surface area contributed by atoms with Crippen LogP contribution in [-0.4, -0.2) is 0 Å². The third-order valence-corrected chi connectivity index (χ3v) is 4.72. The van der Waals surface area contributed by atoms with E-state index >= 15 is 0 Å². The lowest BCUT2D eigenvalue weighted by atomic mass is 10.2. The molecule has 1 heterocycles. The summed E-state index contributed by atoms with van der Waals surface area (Å²) in [5.74, 6) is 0. The second-order valence-electron chi connectivity index (χ2n) is 2.47. The molecule has 0 unspecified atom stereocenters. The van der Waals surface area contributed by atoms with Gasteiger partial charge in [-0.3, -0.25) is 0 Å². The summed E-state index contributed by atoms with van der Waals surface area (Å²) >= 11 is 10.3. The Morgan fingerprint density at radius 1 is 1.33 bits per heavy atom. The minimum Gasteiger partial charge on any atom is -0.138 e. The van der Waals surface area contributed by atoms with Crippen LogP contribution < -0.4 is 0 Å². The van der Waals surface area contributed by atoms with Crippen LogP contribution in [0.15, 0.2) is 24.3 Å². The first-order valence-electron chi connectivity index (χ1n) is 3.55. The summed E-state index contributed by atoms with van der Waals surface area (Å²) in [5, 5.41) is 2.13. The van der Waals surface area contributed by atoms with Gasteiger partial charge in [-0.25, -0.2) is 0 Å².